The van der Waals surface area contributed by atoms with Crippen molar-refractivity contribution < 1.29 is 4.79 Å². The summed E-state index contributed by atoms with van der Waals surface area (Å²) in [5.74, 6) is 0.0296. The number of benzene rings is 1. The van der Waals surface area contributed by atoms with Crippen LogP contribution >= 0.6 is 12.2 Å². The molecule has 0 spiro atoms. The Balaban J connectivity index is 2.22. The zero-order chi connectivity index (χ0) is 15.4. The van der Waals surface area contributed by atoms with Crippen LogP contribution in [0, 0.1) is 0 Å². The quantitative estimate of drug-likeness (QED) is 0.806. The molecule has 0 aliphatic heterocycles. The predicted octanol–water partition coefficient (Wildman–Crippen LogP) is 2.58. The van der Waals surface area contributed by atoms with E-state index < -0.39 is 0 Å². The van der Waals surface area contributed by atoms with Crippen LogP contribution in [0.4, 0.5) is 0 Å². The number of hydrogen-bond donors (Lipinski definition) is 2. The van der Waals surface area contributed by atoms with E-state index in [-0.39, 0.29) is 11.9 Å². The van der Waals surface area contributed by atoms with Gasteiger partial charge >= 0.3 is 0 Å². The summed E-state index contributed by atoms with van der Waals surface area (Å²) in [6.45, 7) is 4.46. The molecule has 0 fully saturated rings. The highest BCUT2D eigenvalue weighted by atomic mass is 32.1. The maximum absolute atomic E-state index is 12.1. The SMILES string of the molecule is CCC(CC)NC(=O)Cn1ccc2c(C(N)=S)cccc21. The standard InChI is InChI=1S/C16H21N3OS/c1-3-11(4-2)18-15(20)10-19-9-8-12-13(16(17)21)6-5-7-14(12)19/h5-9,11H,3-4,10H2,1-2H3,(H2,17,21)(H,18,20). The Bertz CT molecular complexity index is 659. The smallest absolute Gasteiger partial charge is 0.240 e. The normalized spacial score (nSPS) is 11.0. The van der Waals surface area contributed by atoms with Crippen LogP contribution in [0.1, 0.15) is 32.3 Å². The summed E-state index contributed by atoms with van der Waals surface area (Å²) in [6, 6.07) is 7.98. The minimum Gasteiger partial charge on any atom is -0.389 e. The number of rotatable bonds is 6. The Morgan fingerprint density at radius 2 is 2.05 bits per heavy atom. The molecule has 3 N–H and O–H groups in total. The largest absolute Gasteiger partial charge is 0.389 e. The first kappa shape index (κ1) is 15.5. The molecule has 5 heteroatoms. The molecule has 0 aliphatic carbocycles. The number of fused-ring (bicyclic) bond motifs is 1. The van der Waals surface area contributed by atoms with Crippen LogP contribution in [0.25, 0.3) is 10.9 Å². The van der Waals surface area contributed by atoms with Gasteiger partial charge in [-0.15, -0.1) is 0 Å². The van der Waals surface area contributed by atoms with Crippen LogP contribution in [0.2, 0.25) is 0 Å². The fraction of sp³-hybridized carbons (Fsp3) is 0.375. The second-order valence-electron chi connectivity index (χ2n) is 5.13. The lowest BCUT2D eigenvalue weighted by atomic mass is 10.1. The lowest BCUT2D eigenvalue weighted by Crippen LogP contribution is -2.36. The predicted molar refractivity (Wildman–Crippen MR) is 90.3 cm³/mol. The third kappa shape index (κ3) is 3.42. The molecule has 1 heterocycles. The molecule has 1 aromatic carbocycles. The number of amides is 1. The fourth-order valence-corrected chi connectivity index (χ4v) is 2.68. The summed E-state index contributed by atoms with van der Waals surface area (Å²) in [6.07, 6.45) is 3.79. The molecule has 0 unspecified atom stereocenters. The van der Waals surface area contributed by atoms with Crippen molar-refractivity contribution in [2.45, 2.75) is 39.3 Å². The third-order valence-electron chi connectivity index (χ3n) is 3.74. The Labute approximate surface area is 130 Å². The first-order chi connectivity index (χ1) is 10.1. The van der Waals surface area contributed by atoms with Gasteiger partial charge < -0.3 is 15.6 Å². The van der Waals surface area contributed by atoms with Gasteiger partial charge in [0.2, 0.25) is 5.91 Å². The summed E-state index contributed by atoms with van der Waals surface area (Å²) in [7, 11) is 0. The Hall–Kier alpha value is -1.88. The second-order valence-corrected chi connectivity index (χ2v) is 5.57. The average Bonchev–Trinajstić information content (AvgIpc) is 2.87. The van der Waals surface area contributed by atoms with Gasteiger partial charge in [0, 0.05) is 28.7 Å². The molecule has 2 rings (SSSR count). The van der Waals surface area contributed by atoms with E-state index in [2.05, 4.69) is 19.2 Å². The third-order valence-corrected chi connectivity index (χ3v) is 3.96. The van der Waals surface area contributed by atoms with Crippen molar-refractivity contribution >= 4 is 34.0 Å². The van der Waals surface area contributed by atoms with E-state index in [1.807, 2.05) is 35.0 Å². The molecule has 0 bridgehead atoms. The molecule has 0 radical (unpaired) electrons. The zero-order valence-electron chi connectivity index (χ0n) is 12.4. The van der Waals surface area contributed by atoms with Crippen LogP contribution < -0.4 is 11.1 Å². The molecule has 112 valence electrons. The van der Waals surface area contributed by atoms with Crippen LogP contribution in [-0.2, 0) is 11.3 Å². The summed E-state index contributed by atoms with van der Waals surface area (Å²) in [5.41, 5.74) is 7.56. The van der Waals surface area contributed by atoms with Crippen LogP contribution in [0.5, 0.6) is 0 Å². The molecule has 1 amide bonds. The van der Waals surface area contributed by atoms with E-state index in [0.29, 0.717) is 11.5 Å². The van der Waals surface area contributed by atoms with Crippen molar-refractivity contribution in [2.24, 2.45) is 5.73 Å². The van der Waals surface area contributed by atoms with Gasteiger partial charge in [-0.2, -0.15) is 0 Å². The number of carbonyl (C=O) groups excluding carboxylic acids is 1. The van der Waals surface area contributed by atoms with E-state index in [1.165, 1.54) is 0 Å². The van der Waals surface area contributed by atoms with E-state index in [9.17, 15) is 4.79 Å². The van der Waals surface area contributed by atoms with Crippen molar-refractivity contribution in [3.63, 3.8) is 0 Å². The molecule has 0 atom stereocenters. The molecule has 0 saturated carbocycles. The summed E-state index contributed by atoms with van der Waals surface area (Å²) in [5, 5.41) is 4.03. The second kappa shape index (κ2) is 6.72. The van der Waals surface area contributed by atoms with Gasteiger partial charge in [-0.05, 0) is 25.0 Å². The van der Waals surface area contributed by atoms with Gasteiger partial charge in [0.25, 0.3) is 0 Å². The van der Waals surface area contributed by atoms with E-state index in [4.69, 9.17) is 18.0 Å². The number of nitrogens with two attached hydrogens (primary N) is 1. The Kier molecular flexibility index (Phi) is 4.96. The van der Waals surface area contributed by atoms with Crippen molar-refractivity contribution in [3.05, 3.63) is 36.0 Å². The van der Waals surface area contributed by atoms with Gasteiger partial charge in [0.15, 0.2) is 0 Å². The van der Waals surface area contributed by atoms with Crippen molar-refractivity contribution in [3.8, 4) is 0 Å². The summed E-state index contributed by atoms with van der Waals surface area (Å²) in [4.78, 5) is 12.5. The fourth-order valence-electron chi connectivity index (χ4n) is 2.50. The lowest BCUT2D eigenvalue weighted by Gasteiger charge is -2.15. The van der Waals surface area contributed by atoms with E-state index >= 15 is 0 Å². The van der Waals surface area contributed by atoms with Gasteiger partial charge in [0.05, 0.1) is 0 Å². The molecule has 2 aromatic rings. The van der Waals surface area contributed by atoms with Gasteiger partial charge in [-0.25, -0.2) is 0 Å². The van der Waals surface area contributed by atoms with E-state index in [0.717, 1.165) is 29.3 Å². The average molecular weight is 303 g/mol. The minimum absolute atomic E-state index is 0.0296. The van der Waals surface area contributed by atoms with Gasteiger partial charge in [-0.1, -0.05) is 38.2 Å². The molecule has 0 saturated heterocycles. The molecular formula is C16H21N3OS. The highest BCUT2D eigenvalue weighted by Gasteiger charge is 2.12. The highest BCUT2D eigenvalue weighted by molar-refractivity contribution is 7.80. The topological polar surface area (TPSA) is 60.0 Å². The zero-order valence-corrected chi connectivity index (χ0v) is 13.2. The van der Waals surface area contributed by atoms with E-state index in [1.54, 1.807) is 0 Å². The Morgan fingerprint density at radius 1 is 1.33 bits per heavy atom. The van der Waals surface area contributed by atoms with Crippen molar-refractivity contribution in [1.82, 2.24) is 9.88 Å². The summed E-state index contributed by atoms with van der Waals surface area (Å²) >= 11 is 5.06. The first-order valence-electron chi connectivity index (χ1n) is 7.23. The molecule has 1 aromatic heterocycles. The van der Waals surface area contributed by atoms with Gasteiger partial charge in [-0.3, -0.25) is 4.79 Å². The lowest BCUT2D eigenvalue weighted by molar-refractivity contribution is -0.122. The van der Waals surface area contributed by atoms with Gasteiger partial charge in [0.1, 0.15) is 11.5 Å². The number of aromatic nitrogens is 1. The maximum atomic E-state index is 12.1. The first-order valence-corrected chi connectivity index (χ1v) is 7.64. The van der Waals surface area contributed by atoms with Crippen molar-refractivity contribution in [2.75, 3.05) is 0 Å². The minimum atomic E-state index is 0.0296. The number of nitrogens with one attached hydrogen (secondary N) is 1. The number of nitrogens with zero attached hydrogens (tertiary/aromatic N) is 1. The molecule has 0 aliphatic rings. The molecule has 4 nitrogen and oxygen atoms in total. The monoisotopic (exact) mass is 303 g/mol. The van der Waals surface area contributed by atoms with Crippen LogP contribution in [0.3, 0.4) is 0 Å². The highest BCUT2D eigenvalue weighted by Crippen LogP contribution is 2.20. The number of hydrogen-bond acceptors (Lipinski definition) is 2. The van der Waals surface area contributed by atoms with Crippen molar-refractivity contribution in [1.29, 1.82) is 0 Å². The summed E-state index contributed by atoms with van der Waals surface area (Å²) < 4.78 is 1.93. The maximum Gasteiger partial charge on any atom is 0.240 e. The number of thiocarbonyl (C=S) groups is 1. The van der Waals surface area contributed by atoms with Crippen LogP contribution in [-0.4, -0.2) is 21.5 Å². The molecule has 21 heavy (non-hydrogen) atoms. The molecular weight excluding hydrogens is 282 g/mol. The Morgan fingerprint density at radius 3 is 2.67 bits per heavy atom. The van der Waals surface area contributed by atoms with Crippen LogP contribution in [0.15, 0.2) is 30.5 Å². The number of carbonyl (C=O) groups is 1.